The summed E-state index contributed by atoms with van der Waals surface area (Å²) in [6, 6.07) is 2.21. The van der Waals surface area contributed by atoms with Crippen LogP contribution in [0.2, 0.25) is 0 Å². The van der Waals surface area contributed by atoms with Crippen molar-refractivity contribution in [3.05, 3.63) is 61.0 Å². The highest BCUT2D eigenvalue weighted by molar-refractivity contribution is 5.82. The second-order valence-electron chi connectivity index (χ2n) is 5.98. The van der Waals surface area contributed by atoms with Gasteiger partial charge in [-0.3, -0.25) is 0 Å². The molecule has 1 unspecified atom stereocenters. The Labute approximate surface area is 166 Å². The molecule has 3 heterocycles. The first kappa shape index (κ1) is 22.7. The molecule has 1 saturated heterocycles. The summed E-state index contributed by atoms with van der Waals surface area (Å²) < 4.78 is 5.96. The number of pyridine rings is 1. The molecule has 1 aliphatic rings. The Morgan fingerprint density at radius 2 is 2.15 bits per heavy atom. The Morgan fingerprint density at radius 1 is 1.41 bits per heavy atom. The maximum Gasteiger partial charge on any atom is 0.137 e. The Balaban J connectivity index is 0.00000137. The first-order chi connectivity index (χ1) is 13.2. The first-order valence-corrected chi connectivity index (χ1v) is 9.94. The van der Waals surface area contributed by atoms with Crippen LogP contribution in [0.4, 0.5) is 5.69 Å². The lowest BCUT2D eigenvalue weighted by Gasteiger charge is -2.18. The molecule has 1 aliphatic heterocycles. The zero-order valence-corrected chi connectivity index (χ0v) is 17.6. The molecule has 2 aromatic rings. The fourth-order valence-corrected chi connectivity index (χ4v) is 2.87. The van der Waals surface area contributed by atoms with Gasteiger partial charge in [0.1, 0.15) is 5.65 Å². The van der Waals surface area contributed by atoms with Gasteiger partial charge in [-0.15, -0.1) is 0 Å². The lowest BCUT2D eigenvalue weighted by molar-refractivity contribution is 0.0875. The minimum Gasteiger partial charge on any atom is -0.372 e. The number of nitrogens with one attached hydrogen (secondary N) is 1. The van der Waals surface area contributed by atoms with Gasteiger partial charge < -0.3 is 14.6 Å². The summed E-state index contributed by atoms with van der Waals surface area (Å²) >= 11 is 0. The molecule has 0 bridgehead atoms. The van der Waals surface area contributed by atoms with Gasteiger partial charge in [0.25, 0.3) is 0 Å². The number of fused-ring (bicyclic) bond motifs is 1. The number of aromatic amines is 1. The maximum absolute atomic E-state index is 5.96. The molecular formula is C23H37N3O. The third-order valence-electron chi connectivity index (χ3n) is 4.21. The smallest absolute Gasteiger partial charge is 0.137 e. The number of nitrogens with zero attached hydrogens (tertiary/aromatic N) is 2. The van der Waals surface area contributed by atoms with Gasteiger partial charge in [-0.05, 0) is 30.5 Å². The number of aromatic nitrogens is 2. The van der Waals surface area contributed by atoms with Crippen molar-refractivity contribution in [1.29, 1.82) is 0 Å². The number of hydrogen-bond acceptors (Lipinski definition) is 3. The van der Waals surface area contributed by atoms with Gasteiger partial charge in [0.15, 0.2) is 0 Å². The summed E-state index contributed by atoms with van der Waals surface area (Å²) in [5, 5.41) is 1.19. The SMILES string of the molecule is C=C/C=C\C(=C)COC1CCN(c2cnc3[nH]cc(C)c3c2)C1.CC.CC.[HH]. The van der Waals surface area contributed by atoms with Crippen molar-refractivity contribution in [3.8, 4) is 0 Å². The molecule has 3 rings (SSSR count). The standard InChI is InChI=1S/C19H23N3O.2C2H6.H2/c1-4-5-6-14(2)13-23-17-7-8-22(12-17)16-9-18-15(3)10-20-19(18)21-11-16;2*1-2;/h4-6,9-11,17H,1-2,7-8,12-13H2,3H3,(H,20,21);2*1-2H3;1H/b6-5-;;;. The Morgan fingerprint density at radius 3 is 2.85 bits per heavy atom. The topological polar surface area (TPSA) is 41.1 Å². The number of ether oxygens (including phenoxy) is 1. The lowest BCUT2D eigenvalue weighted by atomic mass is 10.2. The minimum absolute atomic E-state index is 0. The zero-order chi connectivity index (χ0) is 20.2. The third kappa shape index (κ3) is 6.40. The van der Waals surface area contributed by atoms with E-state index >= 15 is 0 Å². The quantitative estimate of drug-likeness (QED) is 0.627. The van der Waals surface area contributed by atoms with Gasteiger partial charge in [0, 0.05) is 26.1 Å². The summed E-state index contributed by atoms with van der Waals surface area (Å²) in [7, 11) is 0. The van der Waals surface area contributed by atoms with Gasteiger partial charge >= 0.3 is 0 Å². The van der Waals surface area contributed by atoms with Crippen LogP contribution >= 0.6 is 0 Å². The zero-order valence-electron chi connectivity index (χ0n) is 17.6. The lowest BCUT2D eigenvalue weighted by Crippen LogP contribution is -2.23. The van der Waals surface area contributed by atoms with Crippen molar-refractivity contribution < 1.29 is 6.16 Å². The van der Waals surface area contributed by atoms with Crippen molar-refractivity contribution in [2.75, 3.05) is 24.6 Å². The van der Waals surface area contributed by atoms with E-state index in [1.807, 2.05) is 52.2 Å². The van der Waals surface area contributed by atoms with Crippen molar-refractivity contribution in [1.82, 2.24) is 9.97 Å². The van der Waals surface area contributed by atoms with E-state index in [1.165, 1.54) is 10.9 Å². The van der Waals surface area contributed by atoms with Crippen LogP contribution < -0.4 is 4.90 Å². The predicted molar refractivity (Wildman–Crippen MR) is 121 cm³/mol. The molecule has 0 amide bonds. The molecule has 1 N–H and O–H groups in total. The molecule has 0 radical (unpaired) electrons. The average Bonchev–Trinajstić information content (AvgIpc) is 3.34. The van der Waals surface area contributed by atoms with Gasteiger partial charge in [-0.1, -0.05) is 59.1 Å². The Kier molecular flexibility index (Phi) is 10.2. The van der Waals surface area contributed by atoms with E-state index in [4.69, 9.17) is 4.74 Å². The van der Waals surface area contributed by atoms with Gasteiger partial charge in [-0.2, -0.15) is 0 Å². The summed E-state index contributed by atoms with van der Waals surface area (Å²) in [5.74, 6) is 0. The van der Waals surface area contributed by atoms with E-state index in [9.17, 15) is 0 Å². The highest BCUT2D eigenvalue weighted by Crippen LogP contribution is 2.26. The van der Waals surface area contributed by atoms with E-state index in [2.05, 4.69) is 41.0 Å². The molecule has 0 aliphatic carbocycles. The second kappa shape index (κ2) is 12.1. The van der Waals surface area contributed by atoms with E-state index in [0.29, 0.717) is 6.61 Å². The molecule has 2 aromatic heterocycles. The number of H-pyrrole nitrogens is 1. The van der Waals surface area contributed by atoms with Crippen LogP contribution in [0.5, 0.6) is 0 Å². The molecular weight excluding hydrogens is 334 g/mol. The fraction of sp³-hybridized carbons (Fsp3) is 0.435. The number of allylic oxidation sites excluding steroid dienone is 2. The Hall–Kier alpha value is -2.33. The molecule has 27 heavy (non-hydrogen) atoms. The molecule has 150 valence electrons. The molecule has 1 fully saturated rings. The van der Waals surface area contributed by atoms with Crippen LogP contribution in [0.15, 0.2) is 55.4 Å². The van der Waals surface area contributed by atoms with Gasteiger partial charge in [0.05, 0.1) is 24.6 Å². The van der Waals surface area contributed by atoms with Crippen LogP contribution in [-0.4, -0.2) is 35.8 Å². The minimum atomic E-state index is 0. The monoisotopic (exact) mass is 371 g/mol. The molecule has 0 saturated carbocycles. The third-order valence-corrected chi connectivity index (χ3v) is 4.21. The highest BCUT2D eigenvalue weighted by atomic mass is 16.5. The van der Waals surface area contributed by atoms with Crippen molar-refractivity contribution >= 4 is 16.7 Å². The van der Waals surface area contributed by atoms with Gasteiger partial charge in [-0.25, -0.2) is 4.98 Å². The second-order valence-corrected chi connectivity index (χ2v) is 5.98. The number of rotatable bonds is 6. The number of aryl methyl sites for hydroxylation is 1. The van der Waals surface area contributed by atoms with Crippen molar-refractivity contribution in [2.24, 2.45) is 0 Å². The maximum atomic E-state index is 5.96. The molecule has 0 spiro atoms. The first-order valence-electron chi connectivity index (χ1n) is 9.94. The molecule has 0 aromatic carbocycles. The van der Waals surface area contributed by atoms with Crippen LogP contribution in [-0.2, 0) is 4.74 Å². The summed E-state index contributed by atoms with van der Waals surface area (Å²) in [4.78, 5) is 10.0. The predicted octanol–water partition coefficient (Wildman–Crippen LogP) is 6.06. The highest BCUT2D eigenvalue weighted by Gasteiger charge is 2.23. The normalized spacial score (nSPS) is 15.9. The van der Waals surface area contributed by atoms with E-state index in [-0.39, 0.29) is 7.53 Å². The summed E-state index contributed by atoms with van der Waals surface area (Å²) in [6.07, 6.45) is 10.8. The Bertz CT molecular complexity index is 751. The van der Waals surface area contributed by atoms with Crippen LogP contribution in [0.3, 0.4) is 0 Å². The summed E-state index contributed by atoms with van der Waals surface area (Å²) in [6.45, 7) is 20.2. The van der Waals surface area contributed by atoms with Gasteiger partial charge in [0.2, 0.25) is 0 Å². The van der Waals surface area contributed by atoms with E-state index < -0.39 is 0 Å². The fourth-order valence-electron chi connectivity index (χ4n) is 2.87. The molecule has 4 heteroatoms. The van der Waals surface area contributed by atoms with Crippen molar-refractivity contribution in [2.45, 2.75) is 47.1 Å². The van der Waals surface area contributed by atoms with Crippen LogP contribution in [0.1, 0.15) is 41.1 Å². The van der Waals surface area contributed by atoms with E-state index in [1.54, 1.807) is 6.08 Å². The largest absolute Gasteiger partial charge is 0.372 e. The van der Waals surface area contributed by atoms with Crippen molar-refractivity contribution in [3.63, 3.8) is 0 Å². The summed E-state index contributed by atoms with van der Waals surface area (Å²) in [5.41, 5.74) is 4.31. The number of anilines is 1. The van der Waals surface area contributed by atoms with Crippen LogP contribution in [0, 0.1) is 6.92 Å². The molecule has 1 atom stereocenters. The average molecular weight is 372 g/mol. The number of hydrogen-bond donors (Lipinski definition) is 1. The van der Waals surface area contributed by atoms with E-state index in [0.717, 1.165) is 36.4 Å². The molecule has 4 nitrogen and oxygen atoms in total. The van der Waals surface area contributed by atoms with Crippen LogP contribution in [0.25, 0.3) is 11.0 Å².